The van der Waals surface area contributed by atoms with Crippen LogP contribution >= 0.6 is 11.8 Å². The highest BCUT2D eigenvalue weighted by Crippen LogP contribution is 2.36. The molecule has 1 heterocycles. The number of hydrogen-bond donors (Lipinski definition) is 2. The van der Waals surface area contributed by atoms with E-state index in [9.17, 15) is 9.59 Å². The minimum absolute atomic E-state index is 0.0631. The normalized spacial score (nSPS) is 15.8. The van der Waals surface area contributed by atoms with Gasteiger partial charge in [-0.25, -0.2) is 0 Å². The molecule has 0 saturated carbocycles. The van der Waals surface area contributed by atoms with Gasteiger partial charge in [0, 0.05) is 16.5 Å². The molecule has 0 saturated heterocycles. The Morgan fingerprint density at radius 3 is 2.68 bits per heavy atom. The summed E-state index contributed by atoms with van der Waals surface area (Å²) in [6, 6.07) is 10.4. The lowest BCUT2D eigenvalue weighted by Crippen LogP contribution is -2.26. The molecule has 1 aliphatic rings. The molecule has 2 N–H and O–H groups in total. The van der Waals surface area contributed by atoms with E-state index in [2.05, 4.69) is 10.6 Å². The van der Waals surface area contributed by atoms with Crippen LogP contribution in [-0.4, -0.2) is 31.3 Å². The molecule has 1 aliphatic heterocycles. The van der Waals surface area contributed by atoms with Crippen molar-refractivity contribution in [3.63, 3.8) is 0 Å². The molecule has 0 radical (unpaired) electrons. The number of nitrogens with one attached hydrogen (secondary N) is 2. The molecule has 1 unspecified atom stereocenters. The van der Waals surface area contributed by atoms with E-state index < -0.39 is 0 Å². The van der Waals surface area contributed by atoms with E-state index in [1.165, 1.54) is 18.9 Å². The van der Waals surface area contributed by atoms with Gasteiger partial charge in [0.2, 0.25) is 5.91 Å². The monoisotopic (exact) mass is 358 g/mol. The lowest BCUT2D eigenvalue weighted by molar-refractivity contribution is -0.115. The largest absolute Gasteiger partial charge is 0.497 e. The Morgan fingerprint density at radius 1 is 1.16 bits per heavy atom. The van der Waals surface area contributed by atoms with Crippen LogP contribution in [0.2, 0.25) is 0 Å². The molecule has 25 heavy (non-hydrogen) atoms. The molecule has 2 aromatic carbocycles. The Bertz CT molecular complexity index is 838. The number of rotatable bonds is 4. The summed E-state index contributed by atoms with van der Waals surface area (Å²) in [5.74, 6) is 0.789. The van der Waals surface area contributed by atoms with Gasteiger partial charge >= 0.3 is 0 Å². The topological polar surface area (TPSA) is 76.7 Å². The zero-order valence-corrected chi connectivity index (χ0v) is 14.9. The zero-order valence-electron chi connectivity index (χ0n) is 14.1. The van der Waals surface area contributed by atoms with Crippen molar-refractivity contribution in [1.82, 2.24) is 0 Å². The van der Waals surface area contributed by atoms with Gasteiger partial charge in [0.05, 0.1) is 30.8 Å². The van der Waals surface area contributed by atoms with Gasteiger partial charge < -0.3 is 20.1 Å². The Kier molecular flexibility index (Phi) is 4.85. The first kappa shape index (κ1) is 17.2. The van der Waals surface area contributed by atoms with E-state index in [1.807, 2.05) is 13.0 Å². The first-order valence-electron chi connectivity index (χ1n) is 7.66. The number of benzene rings is 2. The number of fused-ring (bicyclic) bond motifs is 1. The Balaban J connectivity index is 1.83. The summed E-state index contributed by atoms with van der Waals surface area (Å²) in [7, 11) is 3.09. The van der Waals surface area contributed by atoms with Crippen LogP contribution in [0.25, 0.3) is 0 Å². The summed E-state index contributed by atoms with van der Waals surface area (Å²) in [5, 5.41) is 5.50. The minimum Gasteiger partial charge on any atom is -0.497 e. The number of carbonyl (C=O) groups is 2. The molecule has 2 aromatic rings. The third-order valence-corrected chi connectivity index (χ3v) is 5.01. The summed E-state index contributed by atoms with van der Waals surface area (Å²) in [5.41, 5.74) is 1.65. The Hall–Kier alpha value is -2.67. The van der Waals surface area contributed by atoms with E-state index in [0.717, 1.165) is 4.90 Å². The molecule has 0 bridgehead atoms. The van der Waals surface area contributed by atoms with Gasteiger partial charge in [-0.05, 0) is 37.3 Å². The number of amides is 2. The maximum absolute atomic E-state index is 12.6. The molecule has 2 amide bonds. The summed E-state index contributed by atoms with van der Waals surface area (Å²) >= 11 is 1.48. The average molecular weight is 358 g/mol. The average Bonchev–Trinajstić information content (AvgIpc) is 2.62. The molecule has 0 aliphatic carbocycles. The minimum atomic E-state index is -0.288. The number of hydrogen-bond acceptors (Lipinski definition) is 5. The zero-order chi connectivity index (χ0) is 18.0. The van der Waals surface area contributed by atoms with Gasteiger partial charge in [0.25, 0.3) is 5.91 Å². The molecule has 3 rings (SSSR count). The van der Waals surface area contributed by atoms with Crippen molar-refractivity contribution in [1.29, 1.82) is 0 Å². The van der Waals surface area contributed by atoms with E-state index in [1.54, 1.807) is 37.4 Å². The van der Waals surface area contributed by atoms with E-state index >= 15 is 0 Å². The van der Waals surface area contributed by atoms with Gasteiger partial charge in [-0.15, -0.1) is 11.8 Å². The molecule has 0 aromatic heterocycles. The molecular weight excluding hydrogens is 340 g/mol. The number of ether oxygens (including phenoxy) is 2. The molecule has 0 fully saturated rings. The van der Waals surface area contributed by atoms with Gasteiger partial charge in [0.1, 0.15) is 11.5 Å². The highest BCUT2D eigenvalue weighted by atomic mass is 32.2. The Labute approximate surface area is 149 Å². The second-order valence-electron chi connectivity index (χ2n) is 5.48. The van der Waals surface area contributed by atoms with Crippen molar-refractivity contribution >= 4 is 35.0 Å². The van der Waals surface area contributed by atoms with E-state index in [0.29, 0.717) is 28.4 Å². The quantitative estimate of drug-likeness (QED) is 0.876. The predicted octanol–water partition coefficient (Wildman–Crippen LogP) is 3.39. The lowest BCUT2D eigenvalue weighted by atomic mass is 10.1. The van der Waals surface area contributed by atoms with Crippen LogP contribution in [0.1, 0.15) is 17.3 Å². The standard InChI is InChI=1S/C18H18N2O4S/c1-10-17(21)20-14-8-11(4-7-16(14)25-10)18(22)19-13-6-5-12(23-2)9-15(13)24-3/h4-10H,1-3H3,(H,19,22)(H,20,21). The van der Waals surface area contributed by atoms with Crippen molar-refractivity contribution in [3.05, 3.63) is 42.0 Å². The van der Waals surface area contributed by atoms with Crippen molar-refractivity contribution in [2.75, 3.05) is 24.9 Å². The summed E-state index contributed by atoms with van der Waals surface area (Å²) < 4.78 is 10.4. The fraction of sp³-hybridized carbons (Fsp3) is 0.222. The van der Waals surface area contributed by atoms with Crippen molar-refractivity contribution in [3.8, 4) is 11.5 Å². The van der Waals surface area contributed by atoms with Gasteiger partial charge in [-0.1, -0.05) is 0 Å². The smallest absolute Gasteiger partial charge is 0.255 e. The van der Waals surface area contributed by atoms with Crippen LogP contribution < -0.4 is 20.1 Å². The van der Waals surface area contributed by atoms with Gasteiger partial charge in [-0.3, -0.25) is 9.59 Å². The highest BCUT2D eigenvalue weighted by Gasteiger charge is 2.24. The number of carbonyl (C=O) groups excluding carboxylic acids is 2. The summed E-state index contributed by atoms with van der Waals surface area (Å²) in [6.45, 7) is 1.85. The van der Waals surface area contributed by atoms with Crippen LogP contribution in [0.15, 0.2) is 41.3 Å². The molecule has 130 valence electrons. The molecule has 0 spiro atoms. The van der Waals surface area contributed by atoms with Crippen LogP contribution in [-0.2, 0) is 4.79 Å². The van der Waals surface area contributed by atoms with Crippen LogP contribution in [0.5, 0.6) is 11.5 Å². The second kappa shape index (κ2) is 7.06. The van der Waals surface area contributed by atoms with E-state index in [4.69, 9.17) is 9.47 Å². The predicted molar refractivity (Wildman–Crippen MR) is 97.9 cm³/mol. The third-order valence-electron chi connectivity index (χ3n) is 3.83. The maximum atomic E-state index is 12.6. The summed E-state index contributed by atoms with van der Waals surface area (Å²) in [6.07, 6.45) is 0. The molecule has 1 atom stereocenters. The first-order chi connectivity index (χ1) is 12.0. The Morgan fingerprint density at radius 2 is 1.96 bits per heavy atom. The SMILES string of the molecule is COc1ccc(NC(=O)c2ccc3c(c2)NC(=O)C(C)S3)c(OC)c1. The fourth-order valence-corrected chi connectivity index (χ4v) is 3.38. The first-order valence-corrected chi connectivity index (χ1v) is 8.54. The lowest BCUT2D eigenvalue weighted by Gasteiger charge is -2.21. The van der Waals surface area contributed by atoms with Crippen molar-refractivity contribution in [2.24, 2.45) is 0 Å². The van der Waals surface area contributed by atoms with Crippen molar-refractivity contribution in [2.45, 2.75) is 17.1 Å². The van der Waals surface area contributed by atoms with Gasteiger partial charge in [-0.2, -0.15) is 0 Å². The van der Waals surface area contributed by atoms with Crippen LogP contribution in [0.4, 0.5) is 11.4 Å². The number of methoxy groups -OCH3 is 2. The number of thioether (sulfide) groups is 1. The van der Waals surface area contributed by atoms with Crippen LogP contribution in [0.3, 0.4) is 0 Å². The molecule has 6 nitrogen and oxygen atoms in total. The van der Waals surface area contributed by atoms with Crippen LogP contribution in [0, 0.1) is 0 Å². The van der Waals surface area contributed by atoms with Gasteiger partial charge in [0.15, 0.2) is 0 Å². The van der Waals surface area contributed by atoms with Crippen molar-refractivity contribution < 1.29 is 19.1 Å². The van der Waals surface area contributed by atoms with E-state index in [-0.39, 0.29) is 17.1 Å². The third kappa shape index (κ3) is 3.56. The summed E-state index contributed by atoms with van der Waals surface area (Å²) in [4.78, 5) is 25.3. The fourth-order valence-electron chi connectivity index (χ4n) is 2.45. The maximum Gasteiger partial charge on any atom is 0.255 e. The molecular formula is C18H18N2O4S. The highest BCUT2D eigenvalue weighted by molar-refractivity contribution is 8.00. The molecule has 7 heteroatoms. The number of anilines is 2. The second-order valence-corrected chi connectivity index (χ2v) is 6.86.